The minimum atomic E-state index is -0.937. The molecule has 57 heavy (non-hydrogen) atoms. The largest absolute Gasteiger partial charge is 0.489 e. The van der Waals surface area contributed by atoms with Crippen molar-refractivity contribution in [2.45, 2.75) is 109 Å². The number of carbonyl (C=O) groups excluding carboxylic acids is 1. The molecule has 7 atom stereocenters. The highest BCUT2D eigenvalue weighted by molar-refractivity contribution is 5.93. The molecule has 1 aromatic heterocycles. The Labute approximate surface area is 335 Å². The van der Waals surface area contributed by atoms with E-state index in [0.717, 1.165) is 55.6 Å². The Morgan fingerprint density at radius 3 is 2.60 bits per heavy atom. The maximum absolute atomic E-state index is 13.8. The predicted octanol–water partition coefficient (Wildman–Crippen LogP) is 5.40. The average molecular weight is 771 g/mol. The molecule has 6 unspecified atom stereocenters. The topological polar surface area (TPSA) is 137 Å². The van der Waals surface area contributed by atoms with Gasteiger partial charge in [-0.05, 0) is 94.2 Å². The predicted molar refractivity (Wildman–Crippen MR) is 217 cm³/mol. The summed E-state index contributed by atoms with van der Waals surface area (Å²) in [7, 11) is 0. The third-order valence-electron chi connectivity index (χ3n) is 14.4. The summed E-state index contributed by atoms with van der Waals surface area (Å²) in [6, 6.07) is 10.2. The average Bonchev–Trinajstić information content (AvgIpc) is 3.23. The number of anilines is 1. The third-order valence-corrected chi connectivity index (χ3v) is 14.4. The van der Waals surface area contributed by atoms with Crippen molar-refractivity contribution in [3.05, 3.63) is 81.7 Å². The summed E-state index contributed by atoms with van der Waals surface area (Å²) in [4.78, 5) is 16.4. The van der Waals surface area contributed by atoms with Crippen LogP contribution in [0.4, 0.5) is 5.69 Å². The normalized spacial score (nSPS) is 30.1. The molecule has 3 N–H and O–H groups in total. The number of allylic oxidation sites excluding steroid dienone is 3. The molecule has 7 aliphatic rings. The first-order chi connectivity index (χ1) is 27.9. The van der Waals surface area contributed by atoms with Crippen LogP contribution in [0.15, 0.2) is 53.6 Å². The van der Waals surface area contributed by atoms with Crippen LogP contribution in [-0.4, -0.2) is 91.8 Å². The summed E-state index contributed by atoms with van der Waals surface area (Å²) in [6.07, 6.45) is 15.9. The van der Waals surface area contributed by atoms with Gasteiger partial charge in [0.25, 0.3) is 0 Å². The second-order valence-corrected chi connectivity index (χ2v) is 17.7. The van der Waals surface area contributed by atoms with Crippen molar-refractivity contribution in [2.75, 3.05) is 37.7 Å². The summed E-state index contributed by atoms with van der Waals surface area (Å²) >= 11 is 0. The second kappa shape index (κ2) is 15.4. The zero-order valence-electron chi connectivity index (χ0n) is 33.2. The molecule has 11 nitrogen and oxygen atoms in total. The Hall–Kier alpha value is -4.48. The van der Waals surface area contributed by atoms with Crippen LogP contribution in [0.25, 0.3) is 11.4 Å². The number of nitrogens with zero attached hydrogens (tertiary/aromatic N) is 6. The van der Waals surface area contributed by atoms with E-state index in [0.29, 0.717) is 60.8 Å². The molecule has 5 aliphatic heterocycles. The number of aromatic nitrogens is 4. The van der Waals surface area contributed by atoms with Gasteiger partial charge in [0.2, 0.25) is 11.7 Å². The van der Waals surface area contributed by atoms with Crippen molar-refractivity contribution >= 4 is 17.3 Å². The van der Waals surface area contributed by atoms with E-state index in [9.17, 15) is 15.0 Å². The third kappa shape index (κ3) is 6.78. The molecular weight excluding hydrogens is 715 g/mol. The number of nitrogens with one attached hydrogen (secondary N) is 1. The number of aliphatic hydroxyl groups excluding tert-OH is 2. The number of carbonyl (C=O) groups is 1. The maximum Gasteiger partial charge on any atom is 0.247 e. The first-order valence-corrected chi connectivity index (χ1v) is 21.7. The Balaban J connectivity index is 0.974. The van der Waals surface area contributed by atoms with Crippen molar-refractivity contribution in [2.24, 2.45) is 23.7 Å². The van der Waals surface area contributed by atoms with Gasteiger partial charge >= 0.3 is 0 Å². The van der Waals surface area contributed by atoms with E-state index in [4.69, 9.17) is 4.74 Å². The van der Waals surface area contributed by atoms with Crippen LogP contribution < -0.4 is 15.0 Å². The summed E-state index contributed by atoms with van der Waals surface area (Å²) in [5.41, 5.74) is 11.2. The SMILES string of the molecule is Cc1nnc(-c2ccc(CNC(=O)/C3=C/C/C=C(/C4c5cc6c7c(c5OC5C4CC4CCC[N+]8=C4[C@H]5CCC8)CCCN7CCC6)CC(C(O)CO)C3)cc2)nn1. The monoisotopic (exact) mass is 770 g/mol. The van der Waals surface area contributed by atoms with Crippen molar-refractivity contribution in [3.8, 4) is 17.1 Å². The minimum Gasteiger partial charge on any atom is -0.489 e. The molecule has 0 saturated heterocycles. The zero-order valence-corrected chi connectivity index (χ0v) is 33.2. The van der Waals surface area contributed by atoms with E-state index >= 15 is 0 Å². The highest BCUT2D eigenvalue weighted by Gasteiger charge is 2.56. The van der Waals surface area contributed by atoms with Gasteiger partial charge in [-0.3, -0.25) is 4.79 Å². The van der Waals surface area contributed by atoms with Crippen LogP contribution in [0.2, 0.25) is 0 Å². The fraction of sp³-hybridized carbons (Fsp3) is 0.565. The number of aliphatic hydroxyl groups is 2. The van der Waals surface area contributed by atoms with Crippen molar-refractivity contribution in [1.82, 2.24) is 25.7 Å². The number of hydrogen-bond donors (Lipinski definition) is 3. The van der Waals surface area contributed by atoms with Gasteiger partial charge in [0.1, 0.15) is 24.9 Å². The van der Waals surface area contributed by atoms with Gasteiger partial charge in [-0.1, -0.05) is 42.0 Å². The number of fused-ring (bicyclic) bond motifs is 4. The molecule has 6 heterocycles. The molecule has 0 spiro atoms. The smallest absolute Gasteiger partial charge is 0.247 e. The van der Waals surface area contributed by atoms with E-state index in [-0.39, 0.29) is 30.5 Å². The molecule has 2 aliphatic carbocycles. The number of aryl methyl sites for hydroxylation is 2. The van der Waals surface area contributed by atoms with Gasteiger partial charge in [-0.25, -0.2) is 4.58 Å². The van der Waals surface area contributed by atoms with E-state index < -0.39 is 6.10 Å². The number of rotatable bonds is 7. The van der Waals surface area contributed by atoms with Gasteiger partial charge in [0.15, 0.2) is 11.5 Å². The Morgan fingerprint density at radius 2 is 1.79 bits per heavy atom. The first kappa shape index (κ1) is 36.8. The Bertz CT molecular complexity index is 2120. The van der Waals surface area contributed by atoms with Gasteiger partial charge < -0.3 is 25.2 Å². The highest BCUT2D eigenvalue weighted by atomic mass is 16.5. The minimum absolute atomic E-state index is 0.136. The molecule has 2 aromatic carbocycles. The second-order valence-electron chi connectivity index (χ2n) is 17.7. The van der Waals surface area contributed by atoms with E-state index in [1.807, 2.05) is 24.3 Å². The molecule has 1 fully saturated rings. The van der Waals surface area contributed by atoms with Crippen LogP contribution in [0.1, 0.15) is 98.2 Å². The van der Waals surface area contributed by atoms with Crippen molar-refractivity contribution in [3.63, 3.8) is 0 Å². The van der Waals surface area contributed by atoms with Gasteiger partial charge in [-0.15, -0.1) is 20.4 Å². The van der Waals surface area contributed by atoms with Gasteiger partial charge in [0.05, 0.1) is 18.6 Å². The van der Waals surface area contributed by atoms with Crippen molar-refractivity contribution < 1.29 is 24.3 Å². The number of benzene rings is 2. The molecule has 3 aromatic rings. The Morgan fingerprint density at radius 1 is 1.00 bits per heavy atom. The van der Waals surface area contributed by atoms with E-state index in [2.05, 4.69) is 53.4 Å². The zero-order chi connectivity index (χ0) is 38.6. The van der Waals surface area contributed by atoms with Crippen LogP contribution in [0.3, 0.4) is 0 Å². The van der Waals surface area contributed by atoms with Gasteiger partial charge in [-0.2, -0.15) is 0 Å². The lowest BCUT2D eigenvalue weighted by atomic mass is 9.59. The molecule has 0 bridgehead atoms. The quantitative estimate of drug-likeness (QED) is 0.213. The number of amides is 1. The number of ether oxygens (including phenoxy) is 1. The highest BCUT2D eigenvalue weighted by Crippen LogP contribution is 2.58. The molecule has 10 rings (SSSR count). The fourth-order valence-corrected chi connectivity index (χ4v) is 11.9. The summed E-state index contributed by atoms with van der Waals surface area (Å²) in [5.74, 6) is 3.29. The number of hydrogen-bond acceptors (Lipinski definition) is 9. The lowest BCUT2D eigenvalue weighted by Crippen LogP contribution is -2.57. The Kier molecular flexibility index (Phi) is 9.93. The molecule has 1 amide bonds. The molecule has 298 valence electrons. The summed E-state index contributed by atoms with van der Waals surface area (Å²) in [5, 5.41) is 41.2. The van der Waals surface area contributed by atoms with Crippen LogP contribution in [0, 0.1) is 30.6 Å². The van der Waals surface area contributed by atoms with Gasteiger partial charge in [0, 0.05) is 78.2 Å². The first-order valence-electron chi connectivity index (χ1n) is 21.7. The molecule has 0 radical (unpaired) electrons. The molecular formula is C46H56N7O4+. The lowest BCUT2D eigenvalue weighted by Gasteiger charge is -2.52. The van der Waals surface area contributed by atoms with Crippen molar-refractivity contribution in [1.29, 1.82) is 0 Å². The van der Waals surface area contributed by atoms with E-state index in [1.165, 1.54) is 73.1 Å². The lowest BCUT2D eigenvalue weighted by molar-refractivity contribution is -0.544. The maximum atomic E-state index is 13.8. The summed E-state index contributed by atoms with van der Waals surface area (Å²) < 4.78 is 10.2. The van der Waals surface area contributed by atoms with Crippen LogP contribution in [-0.2, 0) is 24.2 Å². The van der Waals surface area contributed by atoms with Crippen LogP contribution >= 0.6 is 0 Å². The standard InChI is InChI=1S/C46H55N7O4/c1-27-48-50-45(51-49-27)29-15-13-28(14-16-29)25-47-46(56)33-8-2-7-30(21-34(22-33)39(55)26-54)40-37-23-31-9-3-17-52-19-5-11-35(41(31)52)43(37)57-44-36-12-6-20-53-18-4-10-32(42(36)53)24-38(40)44/h7-8,13-16,23,32,34,36,38-40,44,54-55H,2-6,9-12,17-22,24-26H2,1H3/p+1/b30-7+,33-8+/t32?,34?,36-,38?,39?,40?,44?/m1/s1. The fourth-order valence-electron chi connectivity index (χ4n) is 11.9. The van der Waals surface area contributed by atoms with Crippen LogP contribution in [0.5, 0.6) is 5.75 Å². The summed E-state index contributed by atoms with van der Waals surface area (Å²) in [6.45, 7) is 6.41. The molecule has 11 heteroatoms. The molecule has 1 saturated carbocycles. The van der Waals surface area contributed by atoms with E-state index in [1.54, 1.807) is 12.6 Å².